The second-order valence-electron chi connectivity index (χ2n) is 6.92. The van der Waals surface area contributed by atoms with Crippen molar-refractivity contribution in [1.29, 1.82) is 0 Å². The van der Waals surface area contributed by atoms with Crippen molar-refractivity contribution in [1.82, 2.24) is 10.3 Å². The van der Waals surface area contributed by atoms with Gasteiger partial charge in [0, 0.05) is 31.9 Å². The second-order valence-corrected chi connectivity index (χ2v) is 6.92. The van der Waals surface area contributed by atoms with Crippen molar-refractivity contribution >= 4 is 17.4 Å². The van der Waals surface area contributed by atoms with Crippen molar-refractivity contribution in [2.24, 2.45) is 0 Å². The van der Waals surface area contributed by atoms with E-state index in [0.717, 1.165) is 25.5 Å². The number of benzene rings is 2. The van der Waals surface area contributed by atoms with Gasteiger partial charge in [0.05, 0.1) is 18.4 Å². The van der Waals surface area contributed by atoms with Crippen molar-refractivity contribution in [3.8, 4) is 5.75 Å². The number of methoxy groups -OCH3 is 1. The van der Waals surface area contributed by atoms with Crippen molar-refractivity contribution in [3.05, 3.63) is 84.1 Å². The minimum Gasteiger partial charge on any atom is -0.495 e. The van der Waals surface area contributed by atoms with Gasteiger partial charge in [-0.25, -0.2) is 4.98 Å². The van der Waals surface area contributed by atoms with Crippen molar-refractivity contribution in [3.63, 3.8) is 0 Å². The summed E-state index contributed by atoms with van der Waals surface area (Å²) < 4.78 is 5.28. The molecular formula is C23H24N4O2. The molecule has 0 spiro atoms. The quantitative estimate of drug-likeness (QED) is 0.700. The van der Waals surface area contributed by atoms with Crippen LogP contribution in [-0.2, 0) is 0 Å². The fourth-order valence-corrected chi connectivity index (χ4v) is 3.52. The Morgan fingerprint density at radius 2 is 1.90 bits per heavy atom. The Hall–Kier alpha value is -3.38. The number of amides is 1. The summed E-state index contributed by atoms with van der Waals surface area (Å²) in [5, 5.41) is 6.44. The Labute approximate surface area is 170 Å². The first-order chi connectivity index (χ1) is 14.2. The molecule has 2 N–H and O–H groups in total. The van der Waals surface area contributed by atoms with Crippen LogP contribution in [0.3, 0.4) is 0 Å². The van der Waals surface area contributed by atoms with E-state index in [4.69, 9.17) is 4.74 Å². The highest BCUT2D eigenvalue weighted by atomic mass is 16.5. The lowest BCUT2D eigenvalue weighted by atomic mass is 10.0. The van der Waals surface area contributed by atoms with Crippen LogP contribution in [0, 0.1) is 0 Å². The molecule has 2 aromatic carbocycles. The second kappa shape index (κ2) is 8.75. The first-order valence-corrected chi connectivity index (χ1v) is 9.68. The van der Waals surface area contributed by atoms with Gasteiger partial charge in [-0.2, -0.15) is 0 Å². The number of nitrogens with one attached hydrogen (secondary N) is 2. The van der Waals surface area contributed by atoms with Crippen LogP contribution < -0.4 is 20.3 Å². The Morgan fingerprint density at radius 1 is 1.10 bits per heavy atom. The number of carbonyl (C=O) groups excluding carboxylic acids is 1. The summed E-state index contributed by atoms with van der Waals surface area (Å²) in [6.07, 6.45) is 1.62. The van der Waals surface area contributed by atoms with Crippen LogP contribution in [0.2, 0.25) is 0 Å². The number of para-hydroxylation sites is 2. The van der Waals surface area contributed by atoms with Crippen LogP contribution >= 0.6 is 0 Å². The average molecular weight is 388 g/mol. The first kappa shape index (κ1) is 19.0. The molecule has 1 aliphatic rings. The van der Waals surface area contributed by atoms with Crippen LogP contribution in [0.5, 0.6) is 5.75 Å². The van der Waals surface area contributed by atoms with Crippen LogP contribution in [0.1, 0.15) is 22.0 Å². The summed E-state index contributed by atoms with van der Waals surface area (Å²) in [6.45, 7) is 2.60. The summed E-state index contributed by atoms with van der Waals surface area (Å²) in [4.78, 5) is 19.4. The van der Waals surface area contributed by atoms with E-state index in [1.807, 2.05) is 42.5 Å². The maximum Gasteiger partial charge on any atom is 0.257 e. The van der Waals surface area contributed by atoms with Gasteiger partial charge in [0.15, 0.2) is 0 Å². The number of piperazine rings is 1. The minimum atomic E-state index is -0.212. The van der Waals surface area contributed by atoms with E-state index in [-0.39, 0.29) is 11.9 Å². The number of pyridine rings is 1. The smallest absolute Gasteiger partial charge is 0.257 e. The summed E-state index contributed by atoms with van der Waals surface area (Å²) >= 11 is 0. The van der Waals surface area contributed by atoms with Crippen molar-refractivity contribution < 1.29 is 9.53 Å². The van der Waals surface area contributed by atoms with Gasteiger partial charge in [-0.3, -0.25) is 4.79 Å². The molecule has 6 heteroatoms. The third-order valence-electron chi connectivity index (χ3n) is 5.07. The third kappa shape index (κ3) is 4.38. The normalized spacial score (nSPS) is 16.3. The number of ether oxygens (including phenoxy) is 1. The van der Waals surface area contributed by atoms with Crippen LogP contribution in [0.4, 0.5) is 11.5 Å². The number of aromatic nitrogens is 1. The van der Waals surface area contributed by atoms with Gasteiger partial charge in [-0.05, 0) is 29.8 Å². The molecule has 148 valence electrons. The molecule has 0 bridgehead atoms. The van der Waals surface area contributed by atoms with Crippen molar-refractivity contribution in [2.45, 2.75) is 6.04 Å². The lowest BCUT2D eigenvalue weighted by Crippen LogP contribution is -2.46. The highest BCUT2D eigenvalue weighted by Crippen LogP contribution is 2.24. The van der Waals surface area contributed by atoms with Crippen molar-refractivity contribution in [2.75, 3.05) is 37.0 Å². The van der Waals surface area contributed by atoms with E-state index >= 15 is 0 Å². The molecule has 1 aliphatic heterocycles. The standard InChI is InChI=1S/C23H24N4O2/c1-29-21-10-6-5-9-19(21)26-23(28)18-11-12-22(25-15-18)27-14-13-24-20(16-27)17-7-3-2-4-8-17/h2-12,15,20,24H,13-14,16H2,1H3,(H,26,28)/t20-/m1/s1. The number of hydrogen-bond donors (Lipinski definition) is 2. The maximum atomic E-state index is 12.6. The summed E-state index contributed by atoms with van der Waals surface area (Å²) in [6, 6.07) is 21.7. The average Bonchev–Trinajstić information content (AvgIpc) is 2.80. The molecule has 0 unspecified atom stereocenters. The molecule has 2 heterocycles. The van der Waals surface area contributed by atoms with Crippen LogP contribution in [-0.4, -0.2) is 37.6 Å². The molecule has 1 fully saturated rings. The Balaban J connectivity index is 1.44. The van der Waals surface area contributed by atoms with E-state index in [9.17, 15) is 4.79 Å². The fraction of sp³-hybridized carbons (Fsp3) is 0.217. The molecule has 1 atom stereocenters. The monoisotopic (exact) mass is 388 g/mol. The molecular weight excluding hydrogens is 364 g/mol. The topological polar surface area (TPSA) is 66.5 Å². The highest BCUT2D eigenvalue weighted by Gasteiger charge is 2.21. The Bertz CT molecular complexity index is 960. The number of rotatable bonds is 5. The summed E-state index contributed by atoms with van der Waals surface area (Å²) in [5.74, 6) is 1.29. The molecule has 1 aromatic heterocycles. The van der Waals surface area contributed by atoms with E-state index < -0.39 is 0 Å². The van der Waals surface area contributed by atoms with E-state index in [1.165, 1.54) is 5.56 Å². The zero-order valence-electron chi connectivity index (χ0n) is 16.3. The van der Waals surface area contributed by atoms with Gasteiger partial charge in [-0.1, -0.05) is 42.5 Å². The predicted octanol–water partition coefficient (Wildman–Crippen LogP) is 3.49. The number of hydrogen-bond acceptors (Lipinski definition) is 5. The van der Waals surface area contributed by atoms with E-state index in [1.54, 1.807) is 13.3 Å². The minimum absolute atomic E-state index is 0.212. The van der Waals surface area contributed by atoms with Gasteiger partial charge in [0.2, 0.25) is 0 Å². The molecule has 1 saturated heterocycles. The molecule has 29 heavy (non-hydrogen) atoms. The van der Waals surface area contributed by atoms with E-state index in [2.05, 4.69) is 44.8 Å². The largest absolute Gasteiger partial charge is 0.495 e. The van der Waals surface area contributed by atoms with Gasteiger partial charge in [0.1, 0.15) is 11.6 Å². The number of anilines is 2. The van der Waals surface area contributed by atoms with Gasteiger partial charge >= 0.3 is 0 Å². The van der Waals surface area contributed by atoms with Gasteiger partial charge < -0.3 is 20.3 Å². The van der Waals surface area contributed by atoms with E-state index in [0.29, 0.717) is 17.0 Å². The highest BCUT2D eigenvalue weighted by molar-refractivity contribution is 6.04. The van der Waals surface area contributed by atoms with Gasteiger partial charge in [-0.15, -0.1) is 0 Å². The zero-order chi connectivity index (χ0) is 20.1. The molecule has 0 saturated carbocycles. The molecule has 3 aromatic rings. The number of nitrogens with zero attached hydrogens (tertiary/aromatic N) is 2. The lowest BCUT2D eigenvalue weighted by Gasteiger charge is -2.34. The zero-order valence-corrected chi connectivity index (χ0v) is 16.3. The van der Waals surface area contributed by atoms with Gasteiger partial charge in [0.25, 0.3) is 5.91 Å². The molecule has 0 aliphatic carbocycles. The molecule has 4 rings (SSSR count). The lowest BCUT2D eigenvalue weighted by molar-refractivity contribution is 0.102. The molecule has 6 nitrogen and oxygen atoms in total. The fourth-order valence-electron chi connectivity index (χ4n) is 3.52. The van der Waals surface area contributed by atoms with Crippen LogP contribution in [0.15, 0.2) is 72.9 Å². The maximum absolute atomic E-state index is 12.6. The molecule has 1 amide bonds. The Morgan fingerprint density at radius 3 is 2.66 bits per heavy atom. The first-order valence-electron chi connectivity index (χ1n) is 9.68. The third-order valence-corrected chi connectivity index (χ3v) is 5.07. The summed E-state index contributed by atoms with van der Waals surface area (Å²) in [5.41, 5.74) is 2.41. The predicted molar refractivity (Wildman–Crippen MR) is 115 cm³/mol. The number of carbonyl (C=O) groups is 1. The summed E-state index contributed by atoms with van der Waals surface area (Å²) in [7, 11) is 1.58. The Kier molecular flexibility index (Phi) is 5.72. The van der Waals surface area contributed by atoms with Crippen LogP contribution in [0.25, 0.3) is 0 Å². The SMILES string of the molecule is COc1ccccc1NC(=O)c1ccc(N2CCN[C@@H](c3ccccc3)C2)nc1. The molecule has 0 radical (unpaired) electrons.